The number of hydrogen-bond acceptors (Lipinski definition) is 5. The van der Waals surface area contributed by atoms with Crippen molar-refractivity contribution in [3.8, 4) is 0 Å². The van der Waals surface area contributed by atoms with E-state index in [1.807, 2.05) is 15.8 Å². The van der Waals surface area contributed by atoms with Gasteiger partial charge in [0.15, 0.2) is 5.82 Å². The lowest BCUT2D eigenvalue weighted by Gasteiger charge is -2.20. The number of thiophene rings is 1. The summed E-state index contributed by atoms with van der Waals surface area (Å²) in [6, 6.07) is 10.4. The van der Waals surface area contributed by atoms with Crippen LogP contribution < -0.4 is 5.56 Å². The van der Waals surface area contributed by atoms with Gasteiger partial charge in [0.25, 0.3) is 5.56 Å². The molecule has 0 aliphatic carbocycles. The Morgan fingerprint density at radius 2 is 1.96 bits per heavy atom. The van der Waals surface area contributed by atoms with Gasteiger partial charge < -0.3 is 0 Å². The van der Waals surface area contributed by atoms with Crippen LogP contribution in [0, 0.1) is 6.92 Å². The molecule has 0 amide bonds. The van der Waals surface area contributed by atoms with E-state index in [1.54, 1.807) is 11.6 Å². The summed E-state index contributed by atoms with van der Waals surface area (Å²) >= 11 is 1.46. The first-order valence-corrected chi connectivity index (χ1v) is 9.55. The molecule has 6 nitrogen and oxygen atoms in total. The first-order chi connectivity index (χ1) is 12.6. The second-order valence-corrected chi connectivity index (χ2v) is 7.40. The van der Waals surface area contributed by atoms with Gasteiger partial charge in [0.1, 0.15) is 4.70 Å². The van der Waals surface area contributed by atoms with Crippen LogP contribution in [0.15, 0.2) is 40.5 Å². The number of aromatic nitrogens is 4. The summed E-state index contributed by atoms with van der Waals surface area (Å²) in [5, 5.41) is 10.6. The predicted octanol–water partition coefficient (Wildman–Crippen LogP) is 2.97. The Balaban J connectivity index is 1.75. The quantitative estimate of drug-likeness (QED) is 0.544. The Labute approximate surface area is 155 Å². The summed E-state index contributed by atoms with van der Waals surface area (Å²) in [4.78, 5) is 14.8. The van der Waals surface area contributed by atoms with Crippen molar-refractivity contribution in [3.63, 3.8) is 0 Å². The summed E-state index contributed by atoms with van der Waals surface area (Å²) < 4.78 is 4.32. The topological polar surface area (TPSA) is 55.4 Å². The number of benzene rings is 1. The van der Waals surface area contributed by atoms with Crippen LogP contribution in [-0.2, 0) is 20.1 Å². The first-order valence-electron chi connectivity index (χ1n) is 8.67. The van der Waals surface area contributed by atoms with Crippen LogP contribution in [0.3, 0.4) is 0 Å². The molecule has 0 unspecified atom stereocenters. The van der Waals surface area contributed by atoms with Crippen LogP contribution in [-0.4, -0.2) is 30.6 Å². The Kier molecular flexibility index (Phi) is 4.34. The summed E-state index contributed by atoms with van der Waals surface area (Å²) in [6.45, 7) is 6.73. The monoisotopic (exact) mass is 367 g/mol. The minimum atomic E-state index is -0.0197. The lowest BCUT2D eigenvalue weighted by atomic mass is 10.1. The van der Waals surface area contributed by atoms with Gasteiger partial charge in [-0.25, -0.2) is 0 Å². The van der Waals surface area contributed by atoms with E-state index in [-0.39, 0.29) is 5.56 Å². The number of aryl methyl sites for hydroxylation is 2. The zero-order chi connectivity index (χ0) is 18.3. The minimum absolute atomic E-state index is 0.0197. The zero-order valence-electron chi connectivity index (χ0n) is 15.1. The molecular weight excluding hydrogens is 346 g/mol. The van der Waals surface area contributed by atoms with Gasteiger partial charge in [-0.1, -0.05) is 31.2 Å². The SMILES string of the molecule is CCN(Cc1ccccc1C)Cc1nnc2n(C)c(=O)c3sccc3n12. The fourth-order valence-electron chi connectivity index (χ4n) is 3.26. The van der Waals surface area contributed by atoms with Crippen molar-refractivity contribution >= 4 is 27.3 Å². The first kappa shape index (κ1) is 16.9. The molecule has 3 heterocycles. The molecule has 0 aliphatic heterocycles. The normalized spacial score (nSPS) is 11.8. The molecule has 26 heavy (non-hydrogen) atoms. The highest BCUT2D eigenvalue weighted by molar-refractivity contribution is 7.17. The van der Waals surface area contributed by atoms with Crippen molar-refractivity contribution in [2.45, 2.75) is 26.9 Å². The number of hydrogen-bond donors (Lipinski definition) is 0. The van der Waals surface area contributed by atoms with E-state index in [9.17, 15) is 4.79 Å². The van der Waals surface area contributed by atoms with E-state index in [2.05, 4.69) is 53.2 Å². The molecule has 4 aromatic rings. The Bertz CT molecular complexity index is 1140. The number of nitrogens with zero attached hydrogens (tertiary/aromatic N) is 5. The molecule has 0 radical (unpaired) electrons. The largest absolute Gasteiger partial charge is 0.292 e. The van der Waals surface area contributed by atoms with Crippen LogP contribution >= 0.6 is 11.3 Å². The third-order valence-corrected chi connectivity index (χ3v) is 5.76. The molecule has 0 saturated carbocycles. The van der Waals surface area contributed by atoms with Crippen molar-refractivity contribution in [1.82, 2.24) is 24.1 Å². The number of fused-ring (bicyclic) bond motifs is 3. The molecule has 0 aliphatic rings. The van der Waals surface area contributed by atoms with E-state index in [4.69, 9.17) is 0 Å². The molecule has 4 rings (SSSR count). The highest BCUT2D eigenvalue weighted by atomic mass is 32.1. The zero-order valence-corrected chi connectivity index (χ0v) is 16.0. The van der Waals surface area contributed by atoms with Crippen molar-refractivity contribution < 1.29 is 0 Å². The van der Waals surface area contributed by atoms with Gasteiger partial charge in [-0.3, -0.25) is 18.7 Å². The predicted molar refractivity (Wildman–Crippen MR) is 105 cm³/mol. The fourth-order valence-corrected chi connectivity index (χ4v) is 4.11. The van der Waals surface area contributed by atoms with E-state index >= 15 is 0 Å². The van der Waals surface area contributed by atoms with Gasteiger partial charge in [-0.2, -0.15) is 0 Å². The van der Waals surface area contributed by atoms with Crippen molar-refractivity contribution in [1.29, 1.82) is 0 Å². The lowest BCUT2D eigenvalue weighted by Crippen LogP contribution is -2.25. The standard InChI is InChI=1S/C19H21N5OS/c1-4-23(11-14-8-6-5-7-13(14)2)12-16-20-21-19-22(3)18(25)17-15(24(16)19)9-10-26-17/h5-10H,4,11-12H2,1-3H3. The molecule has 1 aromatic carbocycles. The summed E-state index contributed by atoms with van der Waals surface area (Å²) in [5.41, 5.74) is 3.48. The van der Waals surface area contributed by atoms with Gasteiger partial charge in [0.05, 0.1) is 12.1 Å². The maximum atomic E-state index is 12.5. The molecule has 7 heteroatoms. The second kappa shape index (κ2) is 6.66. The van der Waals surface area contributed by atoms with Crippen molar-refractivity contribution in [2.75, 3.05) is 6.54 Å². The van der Waals surface area contributed by atoms with Crippen molar-refractivity contribution in [2.24, 2.45) is 7.05 Å². The Morgan fingerprint density at radius 3 is 2.73 bits per heavy atom. The van der Waals surface area contributed by atoms with Gasteiger partial charge in [-0.05, 0) is 36.0 Å². The van der Waals surface area contributed by atoms with E-state index in [0.717, 1.165) is 29.1 Å². The smallest absolute Gasteiger partial charge is 0.272 e. The summed E-state index contributed by atoms with van der Waals surface area (Å²) in [6.07, 6.45) is 0. The van der Waals surface area contributed by atoms with Crippen LogP contribution in [0.5, 0.6) is 0 Å². The maximum absolute atomic E-state index is 12.5. The molecule has 0 spiro atoms. The van der Waals surface area contributed by atoms with E-state index in [1.165, 1.54) is 22.5 Å². The average molecular weight is 367 g/mol. The molecular formula is C19H21N5OS. The molecule has 0 saturated heterocycles. The third-order valence-electron chi connectivity index (χ3n) is 4.86. The van der Waals surface area contributed by atoms with Crippen LogP contribution in [0.4, 0.5) is 0 Å². The van der Waals surface area contributed by atoms with Crippen LogP contribution in [0.1, 0.15) is 23.9 Å². The Hall–Kier alpha value is -2.51. The van der Waals surface area contributed by atoms with Crippen LogP contribution in [0.25, 0.3) is 16.0 Å². The molecule has 0 fully saturated rings. The van der Waals surface area contributed by atoms with Crippen molar-refractivity contribution in [3.05, 3.63) is 63.0 Å². The average Bonchev–Trinajstić information content (AvgIpc) is 3.27. The van der Waals surface area contributed by atoms with E-state index < -0.39 is 0 Å². The minimum Gasteiger partial charge on any atom is -0.292 e. The summed E-state index contributed by atoms with van der Waals surface area (Å²) in [7, 11) is 1.75. The van der Waals surface area contributed by atoms with Gasteiger partial charge in [0.2, 0.25) is 5.78 Å². The maximum Gasteiger partial charge on any atom is 0.272 e. The highest BCUT2D eigenvalue weighted by Gasteiger charge is 2.17. The van der Waals surface area contributed by atoms with Gasteiger partial charge in [0, 0.05) is 13.6 Å². The second-order valence-electron chi connectivity index (χ2n) is 6.48. The molecule has 0 atom stereocenters. The Morgan fingerprint density at radius 1 is 1.15 bits per heavy atom. The third kappa shape index (κ3) is 2.73. The fraction of sp³-hybridized carbons (Fsp3) is 0.316. The molecule has 0 N–H and O–H groups in total. The van der Waals surface area contributed by atoms with Gasteiger partial charge >= 0.3 is 0 Å². The molecule has 3 aromatic heterocycles. The number of rotatable bonds is 5. The lowest BCUT2D eigenvalue weighted by molar-refractivity contribution is 0.263. The van der Waals surface area contributed by atoms with E-state index in [0.29, 0.717) is 12.3 Å². The molecule has 134 valence electrons. The van der Waals surface area contributed by atoms with Gasteiger partial charge in [-0.15, -0.1) is 21.5 Å². The van der Waals surface area contributed by atoms with Crippen LogP contribution in [0.2, 0.25) is 0 Å². The molecule has 0 bridgehead atoms. The summed E-state index contributed by atoms with van der Waals surface area (Å²) in [5.74, 6) is 1.44. The highest BCUT2D eigenvalue weighted by Crippen LogP contribution is 2.20.